The maximum absolute atomic E-state index is 6.43. The van der Waals surface area contributed by atoms with Crippen LogP contribution >= 0.6 is 23.2 Å². The zero-order chi connectivity index (χ0) is 16.9. The van der Waals surface area contributed by atoms with Gasteiger partial charge in [0.15, 0.2) is 0 Å². The van der Waals surface area contributed by atoms with Gasteiger partial charge in [0.25, 0.3) is 0 Å². The van der Waals surface area contributed by atoms with Gasteiger partial charge in [0.05, 0.1) is 0 Å². The van der Waals surface area contributed by atoms with E-state index in [1.54, 1.807) is 0 Å². The molecule has 0 aromatic heterocycles. The molecule has 0 amide bonds. The van der Waals surface area contributed by atoms with Crippen molar-refractivity contribution in [1.29, 1.82) is 0 Å². The van der Waals surface area contributed by atoms with Gasteiger partial charge in [0, 0.05) is 35.0 Å². The molecule has 2 aromatic rings. The number of alkyl halides is 1. The first kappa shape index (κ1) is 17.6. The zero-order valence-electron chi connectivity index (χ0n) is 13.7. The van der Waals surface area contributed by atoms with Crippen LogP contribution in [-0.2, 0) is 12.8 Å². The minimum atomic E-state index is 0.0627. The molecule has 0 bridgehead atoms. The number of hydrogen-bond acceptors (Lipinski definition) is 2. The normalized spacial score (nSPS) is 16.0. The Morgan fingerprint density at radius 2 is 1.92 bits per heavy atom. The molecule has 1 atom stereocenters. The molecular formula is C20H23Cl2NO. The van der Waals surface area contributed by atoms with Crippen molar-refractivity contribution >= 4 is 23.2 Å². The number of ether oxygens (including phenoxy) is 1. The van der Waals surface area contributed by atoms with E-state index < -0.39 is 0 Å². The van der Waals surface area contributed by atoms with E-state index in [1.165, 1.54) is 11.1 Å². The predicted molar refractivity (Wildman–Crippen MR) is 102 cm³/mol. The van der Waals surface area contributed by atoms with Crippen LogP contribution in [0.4, 0.5) is 0 Å². The van der Waals surface area contributed by atoms with E-state index in [1.807, 2.05) is 24.3 Å². The Bertz CT molecular complexity index is 702. The molecule has 128 valence electrons. The number of fused-ring (bicyclic) bond motifs is 1. The summed E-state index contributed by atoms with van der Waals surface area (Å²) >= 11 is 12.2. The van der Waals surface area contributed by atoms with Crippen molar-refractivity contribution in [2.45, 2.75) is 38.2 Å². The molecule has 3 rings (SSSR count). The molecule has 0 aliphatic carbocycles. The van der Waals surface area contributed by atoms with Crippen LogP contribution in [0.15, 0.2) is 36.4 Å². The summed E-state index contributed by atoms with van der Waals surface area (Å²) in [6.07, 6.45) is 5.36. The fraction of sp³-hybridized carbons (Fsp3) is 0.400. The third kappa shape index (κ3) is 3.88. The summed E-state index contributed by atoms with van der Waals surface area (Å²) in [6, 6.07) is 12.4. The van der Waals surface area contributed by atoms with Crippen LogP contribution in [0.3, 0.4) is 0 Å². The van der Waals surface area contributed by atoms with Gasteiger partial charge in [-0.05, 0) is 42.5 Å². The first-order chi connectivity index (χ1) is 11.7. The van der Waals surface area contributed by atoms with Crippen molar-refractivity contribution in [3.8, 4) is 16.9 Å². The Morgan fingerprint density at radius 1 is 1.08 bits per heavy atom. The molecular weight excluding hydrogens is 341 g/mol. The average Bonchev–Trinajstić information content (AvgIpc) is 3.02. The maximum atomic E-state index is 6.43. The van der Waals surface area contributed by atoms with Crippen molar-refractivity contribution in [2.24, 2.45) is 5.73 Å². The van der Waals surface area contributed by atoms with Gasteiger partial charge in [0.1, 0.15) is 11.9 Å². The van der Waals surface area contributed by atoms with Crippen LogP contribution < -0.4 is 10.5 Å². The summed E-state index contributed by atoms with van der Waals surface area (Å²) in [7, 11) is 0. The first-order valence-corrected chi connectivity index (χ1v) is 9.47. The van der Waals surface area contributed by atoms with Gasteiger partial charge in [0.2, 0.25) is 0 Å². The lowest BCUT2D eigenvalue weighted by molar-refractivity contribution is 0.242. The van der Waals surface area contributed by atoms with E-state index in [2.05, 4.69) is 12.1 Å². The minimum Gasteiger partial charge on any atom is -0.488 e. The lowest BCUT2D eigenvalue weighted by Gasteiger charge is -2.14. The molecule has 2 nitrogen and oxygen atoms in total. The van der Waals surface area contributed by atoms with Crippen LogP contribution in [0.5, 0.6) is 5.75 Å². The van der Waals surface area contributed by atoms with E-state index in [0.29, 0.717) is 6.54 Å². The molecule has 0 saturated carbocycles. The average molecular weight is 364 g/mol. The SMILES string of the molecule is NCC1Cc2cc(CCCCCCl)cc(-c3ccccc3Cl)c2O1. The second-order valence-electron chi connectivity index (χ2n) is 6.29. The Kier molecular flexibility index (Phi) is 6.04. The summed E-state index contributed by atoms with van der Waals surface area (Å²) in [5.74, 6) is 1.68. The Morgan fingerprint density at radius 3 is 2.67 bits per heavy atom. The minimum absolute atomic E-state index is 0.0627. The third-order valence-corrected chi connectivity index (χ3v) is 5.08. The van der Waals surface area contributed by atoms with Crippen molar-refractivity contribution in [3.05, 3.63) is 52.5 Å². The first-order valence-electron chi connectivity index (χ1n) is 8.56. The van der Waals surface area contributed by atoms with Crippen molar-refractivity contribution in [1.82, 2.24) is 0 Å². The lowest BCUT2D eigenvalue weighted by atomic mass is 9.95. The van der Waals surface area contributed by atoms with E-state index in [0.717, 1.165) is 59.9 Å². The molecule has 0 radical (unpaired) electrons. The molecule has 24 heavy (non-hydrogen) atoms. The number of halogens is 2. The van der Waals surface area contributed by atoms with Gasteiger partial charge in [-0.15, -0.1) is 11.6 Å². The van der Waals surface area contributed by atoms with Crippen LogP contribution in [0.25, 0.3) is 11.1 Å². The second-order valence-corrected chi connectivity index (χ2v) is 7.08. The molecule has 0 saturated heterocycles. The Labute approximate surface area is 153 Å². The van der Waals surface area contributed by atoms with Crippen LogP contribution in [0.2, 0.25) is 5.02 Å². The summed E-state index contributed by atoms with van der Waals surface area (Å²) in [4.78, 5) is 0. The van der Waals surface area contributed by atoms with E-state index in [4.69, 9.17) is 33.7 Å². The Hall–Kier alpha value is -1.22. The smallest absolute Gasteiger partial charge is 0.131 e. The predicted octanol–water partition coefficient (Wildman–Crippen LogP) is 5.22. The highest BCUT2D eigenvalue weighted by Gasteiger charge is 2.26. The number of rotatable bonds is 7. The number of hydrogen-bond donors (Lipinski definition) is 1. The van der Waals surface area contributed by atoms with E-state index in [9.17, 15) is 0 Å². The molecule has 2 aromatic carbocycles. The van der Waals surface area contributed by atoms with Gasteiger partial charge in [-0.2, -0.15) is 0 Å². The van der Waals surface area contributed by atoms with Gasteiger partial charge in [-0.1, -0.05) is 42.3 Å². The van der Waals surface area contributed by atoms with Gasteiger partial charge in [-0.25, -0.2) is 0 Å². The number of unbranched alkanes of at least 4 members (excludes halogenated alkanes) is 2. The van der Waals surface area contributed by atoms with E-state index in [-0.39, 0.29) is 6.10 Å². The molecule has 1 unspecified atom stereocenters. The van der Waals surface area contributed by atoms with Crippen LogP contribution in [0, 0.1) is 0 Å². The van der Waals surface area contributed by atoms with E-state index >= 15 is 0 Å². The van der Waals surface area contributed by atoms with Crippen LogP contribution in [0.1, 0.15) is 30.4 Å². The number of nitrogens with two attached hydrogens (primary N) is 1. The fourth-order valence-corrected chi connectivity index (χ4v) is 3.68. The molecule has 1 heterocycles. The lowest BCUT2D eigenvalue weighted by Crippen LogP contribution is -2.24. The molecule has 0 spiro atoms. The molecule has 1 aliphatic rings. The highest BCUT2D eigenvalue weighted by molar-refractivity contribution is 6.33. The largest absolute Gasteiger partial charge is 0.488 e. The van der Waals surface area contributed by atoms with Gasteiger partial charge >= 0.3 is 0 Å². The monoisotopic (exact) mass is 363 g/mol. The summed E-state index contributed by atoms with van der Waals surface area (Å²) in [6.45, 7) is 0.529. The molecule has 0 fully saturated rings. The van der Waals surface area contributed by atoms with Crippen LogP contribution in [-0.4, -0.2) is 18.5 Å². The summed E-state index contributed by atoms with van der Waals surface area (Å²) in [5.41, 5.74) is 10.5. The van der Waals surface area contributed by atoms with Gasteiger partial charge in [-0.3, -0.25) is 0 Å². The molecule has 2 N–H and O–H groups in total. The Balaban J connectivity index is 1.94. The van der Waals surface area contributed by atoms with Crippen molar-refractivity contribution in [2.75, 3.05) is 12.4 Å². The fourth-order valence-electron chi connectivity index (χ4n) is 3.26. The highest BCUT2D eigenvalue weighted by atomic mass is 35.5. The standard InChI is InChI=1S/C20H23Cl2NO/c21-9-5-1-2-6-14-10-15-12-16(13-23)24-20(15)18(11-14)17-7-3-4-8-19(17)22/h3-4,7-8,10-11,16H,1-2,5-6,9,12-13,23H2. The molecule has 1 aliphatic heterocycles. The molecule has 4 heteroatoms. The summed E-state index contributed by atoms with van der Waals surface area (Å²) in [5, 5.41) is 0.749. The van der Waals surface area contributed by atoms with Crippen molar-refractivity contribution < 1.29 is 4.74 Å². The zero-order valence-corrected chi connectivity index (χ0v) is 15.2. The topological polar surface area (TPSA) is 35.2 Å². The quantitative estimate of drug-likeness (QED) is 0.540. The number of aryl methyl sites for hydroxylation is 1. The second kappa shape index (κ2) is 8.24. The summed E-state index contributed by atoms with van der Waals surface area (Å²) < 4.78 is 6.09. The number of benzene rings is 2. The van der Waals surface area contributed by atoms with Crippen molar-refractivity contribution in [3.63, 3.8) is 0 Å². The van der Waals surface area contributed by atoms with Gasteiger partial charge < -0.3 is 10.5 Å². The maximum Gasteiger partial charge on any atom is 0.131 e. The highest BCUT2D eigenvalue weighted by Crippen LogP contribution is 2.42. The third-order valence-electron chi connectivity index (χ3n) is 4.48.